The number of anilines is 1. The second-order valence-corrected chi connectivity index (χ2v) is 7.01. The van der Waals surface area contributed by atoms with Gasteiger partial charge in [-0.05, 0) is 37.6 Å². The second kappa shape index (κ2) is 9.73. The Balaban J connectivity index is 1.44. The molecule has 156 valence electrons. The SMILES string of the molecule is Cc1ccc2oc(C(=O)OCC(=O)NCCCN(C)c3ccccc3)cc(=O)c2c1. The van der Waals surface area contributed by atoms with Gasteiger partial charge in [0.1, 0.15) is 5.58 Å². The molecule has 0 aliphatic heterocycles. The van der Waals surface area contributed by atoms with E-state index >= 15 is 0 Å². The van der Waals surface area contributed by atoms with E-state index in [0.717, 1.165) is 30.3 Å². The molecule has 0 radical (unpaired) electrons. The van der Waals surface area contributed by atoms with Crippen LogP contribution in [0.25, 0.3) is 11.0 Å². The van der Waals surface area contributed by atoms with Gasteiger partial charge in [0, 0.05) is 31.9 Å². The maximum absolute atomic E-state index is 12.2. The normalized spacial score (nSPS) is 10.6. The number of esters is 1. The summed E-state index contributed by atoms with van der Waals surface area (Å²) in [6.45, 7) is 2.64. The van der Waals surface area contributed by atoms with Crippen LogP contribution in [0.5, 0.6) is 0 Å². The highest BCUT2D eigenvalue weighted by molar-refractivity contribution is 5.90. The van der Waals surface area contributed by atoms with Crippen molar-refractivity contribution in [2.75, 3.05) is 31.6 Å². The Kier molecular flexibility index (Phi) is 6.85. The molecule has 1 aromatic heterocycles. The molecule has 0 spiro atoms. The Bertz CT molecular complexity index is 1090. The molecule has 0 bridgehead atoms. The maximum atomic E-state index is 12.2. The van der Waals surface area contributed by atoms with Crippen LogP contribution in [0.15, 0.2) is 63.8 Å². The number of nitrogens with one attached hydrogen (secondary N) is 1. The van der Waals surface area contributed by atoms with Crippen molar-refractivity contribution in [1.82, 2.24) is 5.32 Å². The molecule has 0 aliphatic carbocycles. The third-order valence-electron chi connectivity index (χ3n) is 4.61. The summed E-state index contributed by atoms with van der Waals surface area (Å²) in [4.78, 5) is 38.3. The van der Waals surface area contributed by atoms with Crippen molar-refractivity contribution in [3.8, 4) is 0 Å². The van der Waals surface area contributed by atoms with Crippen molar-refractivity contribution in [2.45, 2.75) is 13.3 Å². The van der Waals surface area contributed by atoms with E-state index in [4.69, 9.17) is 9.15 Å². The van der Waals surface area contributed by atoms with Crippen LogP contribution in [0.4, 0.5) is 5.69 Å². The van der Waals surface area contributed by atoms with Gasteiger partial charge in [0.15, 0.2) is 12.0 Å². The Morgan fingerprint density at radius 3 is 2.63 bits per heavy atom. The molecule has 0 atom stereocenters. The van der Waals surface area contributed by atoms with Crippen LogP contribution < -0.4 is 15.6 Å². The zero-order chi connectivity index (χ0) is 21.5. The van der Waals surface area contributed by atoms with E-state index in [9.17, 15) is 14.4 Å². The van der Waals surface area contributed by atoms with Crippen LogP contribution in [0.1, 0.15) is 22.5 Å². The highest BCUT2D eigenvalue weighted by atomic mass is 16.5. The molecule has 0 saturated heterocycles. The maximum Gasteiger partial charge on any atom is 0.374 e. The van der Waals surface area contributed by atoms with Gasteiger partial charge in [0.05, 0.1) is 5.39 Å². The predicted molar refractivity (Wildman–Crippen MR) is 115 cm³/mol. The predicted octanol–water partition coefficient (Wildman–Crippen LogP) is 2.90. The molecule has 1 heterocycles. The first kappa shape index (κ1) is 21.1. The largest absolute Gasteiger partial charge is 0.450 e. The van der Waals surface area contributed by atoms with Crippen LogP contribution in [0, 0.1) is 6.92 Å². The average molecular weight is 408 g/mol. The number of carbonyl (C=O) groups excluding carboxylic acids is 2. The van der Waals surface area contributed by atoms with Crippen LogP contribution in [-0.4, -0.2) is 38.6 Å². The fourth-order valence-electron chi connectivity index (χ4n) is 2.98. The average Bonchev–Trinajstić information content (AvgIpc) is 2.75. The van der Waals surface area contributed by atoms with Crippen molar-refractivity contribution in [3.63, 3.8) is 0 Å². The third kappa shape index (κ3) is 5.47. The molecule has 0 aliphatic rings. The first-order valence-electron chi connectivity index (χ1n) is 9.68. The summed E-state index contributed by atoms with van der Waals surface area (Å²) in [7, 11) is 1.98. The van der Waals surface area contributed by atoms with E-state index in [1.807, 2.05) is 44.3 Å². The van der Waals surface area contributed by atoms with Gasteiger partial charge in [-0.3, -0.25) is 9.59 Å². The molecule has 3 aromatic rings. The Hall–Kier alpha value is -3.61. The molecule has 1 amide bonds. The first-order valence-corrected chi connectivity index (χ1v) is 9.68. The minimum Gasteiger partial charge on any atom is -0.450 e. The molecule has 30 heavy (non-hydrogen) atoms. The first-order chi connectivity index (χ1) is 14.4. The van der Waals surface area contributed by atoms with Gasteiger partial charge >= 0.3 is 5.97 Å². The van der Waals surface area contributed by atoms with E-state index in [-0.39, 0.29) is 11.2 Å². The highest BCUT2D eigenvalue weighted by Crippen LogP contribution is 2.15. The van der Waals surface area contributed by atoms with Crippen LogP contribution in [0.3, 0.4) is 0 Å². The van der Waals surface area contributed by atoms with Crippen molar-refractivity contribution in [1.29, 1.82) is 0 Å². The molecule has 1 N–H and O–H groups in total. The van der Waals surface area contributed by atoms with E-state index in [1.165, 1.54) is 0 Å². The van der Waals surface area contributed by atoms with Crippen molar-refractivity contribution in [2.24, 2.45) is 0 Å². The lowest BCUT2D eigenvalue weighted by atomic mass is 10.1. The number of aryl methyl sites for hydroxylation is 1. The Morgan fingerprint density at radius 2 is 1.87 bits per heavy atom. The van der Waals surface area contributed by atoms with Crippen LogP contribution in [-0.2, 0) is 9.53 Å². The molecular formula is C23H24N2O5. The second-order valence-electron chi connectivity index (χ2n) is 7.01. The monoisotopic (exact) mass is 408 g/mol. The third-order valence-corrected chi connectivity index (χ3v) is 4.61. The standard InChI is InChI=1S/C23H24N2O5/c1-16-9-10-20-18(13-16)19(26)14-21(30-20)23(28)29-15-22(27)24-11-6-12-25(2)17-7-4-3-5-8-17/h3-5,7-10,13-14H,6,11-12,15H2,1-2H3,(H,24,27). The van der Waals surface area contributed by atoms with Gasteiger partial charge in [-0.25, -0.2) is 4.79 Å². The number of nitrogens with zero attached hydrogens (tertiary/aromatic N) is 1. The molecule has 0 unspecified atom stereocenters. The summed E-state index contributed by atoms with van der Waals surface area (Å²) in [5.41, 5.74) is 1.98. The highest BCUT2D eigenvalue weighted by Gasteiger charge is 2.15. The van der Waals surface area contributed by atoms with Crippen LogP contribution >= 0.6 is 0 Å². The molecule has 3 rings (SSSR count). The topological polar surface area (TPSA) is 88.8 Å². The van der Waals surface area contributed by atoms with Crippen LogP contribution in [0.2, 0.25) is 0 Å². The number of para-hydroxylation sites is 1. The number of fused-ring (bicyclic) bond motifs is 1. The smallest absolute Gasteiger partial charge is 0.374 e. The zero-order valence-electron chi connectivity index (χ0n) is 17.0. The lowest BCUT2D eigenvalue weighted by Crippen LogP contribution is -2.31. The van der Waals surface area contributed by atoms with E-state index in [1.54, 1.807) is 18.2 Å². The molecular weight excluding hydrogens is 384 g/mol. The van der Waals surface area contributed by atoms with Gasteiger partial charge in [-0.1, -0.05) is 29.8 Å². The summed E-state index contributed by atoms with van der Waals surface area (Å²) < 4.78 is 10.4. The zero-order valence-corrected chi connectivity index (χ0v) is 17.0. The van der Waals surface area contributed by atoms with Gasteiger partial charge in [0.25, 0.3) is 5.91 Å². The lowest BCUT2D eigenvalue weighted by molar-refractivity contribution is -0.124. The number of carbonyl (C=O) groups is 2. The summed E-state index contributed by atoms with van der Waals surface area (Å²) in [6.07, 6.45) is 0.740. The molecule has 0 saturated carbocycles. The summed E-state index contributed by atoms with van der Waals surface area (Å²) in [5, 5.41) is 3.10. The minimum absolute atomic E-state index is 0.228. The number of hydrogen-bond donors (Lipinski definition) is 1. The number of benzene rings is 2. The number of ether oxygens (including phenoxy) is 1. The molecule has 0 fully saturated rings. The van der Waals surface area contributed by atoms with E-state index in [0.29, 0.717) is 17.5 Å². The summed E-state index contributed by atoms with van der Waals surface area (Å²) in [6, 6.07) is 16.1. The van der Waals surface area contributed by atoms with Gasteiger partial charge in [0.2, 0.25) is 5.76 Å². The van der Waals surface area contributed by atoms with Gasteiger partial charge in [-0.15, -0.1) is 0 Å². The molecule has 7 nitrogen and oxygen atoms in total. The van der Waals surface area contributed by atoms with Crippen molar-refractivity contribution in [3.05, 3.63) is 76.1 Å². The van der Waals surface area contributed by atoms with Gasteiger partial charge in [-0.2, -0.15) is 0 Å². The number of amides is 1. The minimum atomic E-state index is -0.853. The Labute approximate surface area is 174 Å². The molecule has 2 aromatic carbocycles. The van der Waals surface area contributed by atoms with Gasteiger partial charge < -0.3 is 19.4 Å². The summed E-state index contributed by atoms with van der Waals surface area (Å²) >= 11 is 0. The fourth-order valence-corrected chi connectivity index (χ4v) is 2.98. The van der Waals surface area contributed by atoms with Crippen molar-refractivity contribution < 1.29 is 18.7 Å². The summed E-state index contributed by atoms with van der Waals surface area (Å²) in [5.74, 6) is -1.49. The quantitative estimate of drug-likeness (QED) is 0.455. The number of hydrogen-bond acceptors (Lipinski definition) is 6. The fraction of sp³-hybridized carbons (Fsp3) is 0.261. The van der Waals surface area contributed by atoms with E-state index < -0.39 is 18.5 Å². The molecule has 7 heteroatoms. The number of rotatable bonds is 8. The Morgan fingerprint density at radius 1 is 1.10 bits per heavy atom. The lowest BCUT2D eigenvalue weighted by Gasteiger charge is -2.19. The van der Waals surface area contributed by atoms with Crippen molar-refractivity contribution >= 4 is 28.5 Å². The van der Waals surface area contributed by atoms with E-state index in [2.05, 4.69) is 10.2 Å².